The van der Waals surface area contributed by atoms with E-state index in [0.29, 0.717) is 0 Å². The summed E-state index contributed by atoms with van der Waals surface area (Å²) < 4.78 is 5.47. The molecule has 1 aliphatic carbocycles. The van der Waals surface area contributed by atoms with E-state index in [2.05, 4.69) is 23.3 Å². The van der Waals surface area contributed by atoms with E-state index in [-0.39, 0.29) is 22.7 Å². The standard InChI is InChI=1S/C22H25N3O3/c1-14(12-15-6-3-4-9-21(15)28-2)23-20-8-5-7-17-18-13-16(25(26)27)10-11-19(18)24-22(17)20/h3-4,6,9-11,13-14,20,23-24H,5,7-8,12H2,1-2H3/t14-,20+/m1/s1. The highest BCUT2D eigenvalue weighted by molar-refractivity contribution is 5.87. The van der Waals surface area contributed by atoms with Crippen LogP contribution < -0.4 is 10.1 Å². The number of nitro groups is 1. The van der Waals surface area contributed by atoms with Crippen LogP contribution in [-0.4, -0.2) is 23.1 Å². The van der Waals surface area contributed by atoms with Crippen LogP contribution in [0.1, 0.15) is 42.6 Å². The first kappa shape index (κ1) is 18.5. The number of fused-ring (bicyclic) bond motifs is 3. The van der Waals surface area contributed by atoms with Gasteiger partial charge in [0, 0.05) is 40.8 Å². The molecule has 3 aromatic rings. The highest BCUT2D eigenvalue weighted by Gasteiger charge is 2.26. The highest BCUT2D eigenvalue weighted by Crippen LogP contribution is 2.36. The number of rotatable bonds is 6. The normalized spacial score (nSPS) is 17.3. The first-order valence-corrected chi connectivity index (χ1v) is 9.73. The van der Waals surface area contributed by atoms with Gasteiger partial charge < -0.3 is 15.0 Å². The second-order valence-electron chi connectivity index (χ2n) is 7.53. The van der Waals surface area contributed by atoms with Crippen molar-refractivity contribution in [2.75, 3.05) is 7.11 Å². The summed E-state index contributed by atoms with van der Waals surface area (Å²) in [6.07, 6.45) is 3.96. The van der Waals surface area contributed by atoms with Gasteiger partial charge in [-0.2, -0.15) is 0 Å². The van der Waals surface area contributed by atoms with Gasteiger partial charge in [0.15, 0.2) is 0 Å². The quantitative estimate of drug-likeness (QED) is 0.481. The van der Waals surface area contributed by atoms with E-state index in [9.17, 15) is 10.1 Å². The summed E-state index contributed by atoms with van der Waals surface area (Å²) in [4.78, 5) is 14.3. The molecule has 4 rings (SSSR count). The zero-order valence-corrected chi connectivity index (χ0v) is 16.2. The Bertz CT molecular complexity index is 1010. The van der Waals surface area contributed by atoms with Crippen molar-refractivity contribution in [3.05, 3.63) is 69.4 Å². The maximum Gasteiger partial charge on any atom is 0.270 e. The summed E-state index contributed by atoms with van der Waals surface area (Å²) in [5, 5.41) is 15.9. The maximum atomic E-state index is 11.1. The molecule has 0 radical (unpaired) electrons. The van der Waals surface area contributed by atoms with Gasteiger partial charge in [-0.05, 0) is 55.9 Å². The van der Waals surface area contributed by atoms with Crippen LogP contribution in [-0.2, 0) is 12.8 Å². The molecule has 2 N–H and O–H groups in total. The van der Waals surface area contributed by atoms with Crippen molar-refractivity contribution in [2.24, 2.45) is 0 Å². The summed E-state index contributed by atoms with van der Waals surface area (Å²) in [6.45, 7) is 2.19. The van der Waals surface area contributed by atoms with Gasteiger partial charge in [0.25, 0.3) is 5.69 Å². The van der Waals surface area contributed by atoms with Gasteiger partial charge in [-0.25, -0.2) is 0 Å². The molecule has 6 nitrogen and oxygen atoms in total. The Labute approximate surface area is 164 Å². The fraction of sp³-hybridized carbons (Fsp3) is 0.364. The molecule has 146 valence electrons. The maximum absolute atomic E-state index is 11.1. The fourth-order valence-electron chi connectivity index (χ4n) is 4.33. The Hall–Kier alpha value is -2.86. The molecule has 0 bridgehead atoms. The molecule has 0 spiro atoms. The highest BCUT2D eigenvalue weighted by atomic mass is 16.6. The predicted octanol–water partition coefficient (Wildman–Crippen LogP) is 4.68. The number of aryl methyl sites for hydroxylation is 1. The molecule has 0 amide bonds. The molecule has 2 atom stereocenters. The lowest BCUT2D eigenvalue weighted by Gasteiger charge is -2.27. The number of aromatic nitrogens is 1. The minimum atomic E-state index is -0.327. The Morgan fingerprint density at radius 1 is 1.32 bits per heavy atom. The number of ether oxygens (including phenoxy) is 1. The van der Waals surface area contributed by atoms with Crippen LogP contribution in [0.5, 0.6) is 5.75 Å². The molecule has 28 heavy (non-hydrogen) atoms. The first-order chi connectivity index (χ1) is 13.6. The number of hydrogen-bond acceptors (Lipinski definition) is 4. The van der Waals surface area contributed by atoms with Crippen molar-refractivity contribution in [3.63, 3.8) is 0 Å². The summed E-state index contributed by atoms with van der Waals surface area (Å²) in [7, 11) is 1.70. The third kappa shape index (κ3) is 3.47. The number of H-pyrrole nitrogens is 1. The number of nitro benzene ring substituents is 1. The Morgan fingerprint density at radius 2 is 2.14 bits per heavy atom. The largest absolute Gasteiger partial charge is 0.496 e. The van der Waals surface area contributed by atoms with Gasteiger partial charge >= 0.3 is 0 Å². The zero-order valence-electron chi connectivity index (χ0n) is 16.2. The zero-order chi connectivity index (χ0) is 19.7. The van der Waals surface area contributed by atoms with Crippen LogP contribution in [0, 0.1) is 10.1 Å². The minimum absolute atomic E-state index is 0.147. The molecule has 1 aromatic heterocycles. The lowest BCUT2D eigenvalue weighted by molar-refractivity contribution is -0.384. The van der Waals surface area contributed by atoms with E-state index in [1.54, 1.807) is 19.2 Å². The van der Waals surface area contributed by atoms with Gasteiger partial charge in [-0.1, -0.05) is 18.2 Å². The minimum Gasteiger partial charge on any atom is -0.496 e. The van der Waals surface area contributed by atoms with Crippen LogP contribution in [0.4, 0.5) is 5.69 Å². The van der Waals surface area contributed by atoms with Crippen molar-refractivity contribution in [2.45, 2.75) is 44.7 Å². The molecule has 1 heterocycles. The van der Waals surface area contributed by atoms with Gasteiger partial charge in [-0.15, -0.1) is 0 Å². The van der Waals surface area contributed by atoms with E-state index < -0.39 is 0 Å². The van der Waals surface area contributed by atoms with Crippen molar-refractivity contribution in [1.82, 2.24) is 10.3 Å². The van der Waals surface area contributed by atoms with E-state index in [1.165, 1.54) is 16.8 Å². The van der Waals surface area contributed by atoms with E-state index in [0.717, 1.165) is 42.3 Å². The molecule has 0 saturated carbocycles. The van der Waals surface area contributed by atoms with Crippen LogP contribution in [0.15, 0.2) is 42.5 Å². The first-order valence-electron chi connectivity index (χ1n) is 9.73. The fourth-order valence-corrected chi connectivity index (χ4v) is 4.33. The summed E-state index contributed by atoms with van der Waals surface area (Å²) in [5.41, 5.74) is 4.70. The third-order valence-electron chi connectivity index (χ3n) is 5.61. The Morgan fingerprint density at radius 3 is 2.93 bits per heavy atom. The number of nitrogens with zero attached hydrogens (tertiary/aromatic N) is 1. The van der Waals surface area contributed by atoms with Crippen molar-refractivity contribution in [3.8, 4) is 5.75 Å². The number of methoxy groups -OCH3 is 1. The average Bonchev–Trinajstić information content (AvgIpc) is 3.07. The van der Waals surface area contributed by atoms with Gasteiger partial charge in [0.05, 0.1) is 12.0 Å². The number of non-ortho nitro benzene ring substituents is 1. The van der Waals surface area contributed by atoms with Crippen molar-refractivity contribution in [1.29, 1.82) is 0 Å². The Balaban J connectivity index is 1.57. The Kier molecular flexibility index (Phi) is 5.05. The number of nitrogens with one attached hydrogen (secondary N) is 2. The lowest BCUT2D eigenvalue weighted by atomic mass is 9.91. The summed E-state index contributed by atoms with van der Waals surface area (Å²) in [5.74, 6) is 0.915. The van der Waals surface area contributed by atoms with Crippen LogP contribution in [0.3, 0.4) is 0 Å². The molecular weight excluding hydrogens is 354 g/mol. The van der Waals surface area contributed by atoms with Gasteiger partial charge in [0.1, 0.15) is 5.75 Å². The molecule has 0 unspecified atom stereocenters. The second kappa shape index (κ2) is 7.64. The van der Waals surface area contributed by atoms with E-state index >= 15 is 0 Å². The molecule has 0 aliphatic heterocycles. The predicted molar refractivity (Wildman–Crippen MR) is 110 cm³/mol. The number of aromatic amines is 1. The smallest absolute Gasteiger partial charge is 0.270 e. The van der Waals surface area contributed by atoms with Crippen molar-refractivity contribution < 1.29 is 9.66 Å². The molecule has 0 fully saturated rings. The number of benzene rings is 2. The monoisotopic (exact) mass is 379 g/mol. The molecule has 6 heteroatoms. The van der Waals surface area contributed by atoms with E-state index in [4.69, 9.17) is 4.74 Å². The van der Waals surface area contributed by atoms with Crippen LogP contribution >= 0.6 is 0 Å². The summed E-state index contributed by atoms with van der Waals surface area (Å²) >= 11 is 0. The summed E-state index contributed by atoms with van der Waals surface area (Å²) in [6, 6.07) is 13.7. The number of para-hydroxylation sites is 1. The SMILES string of the molecule is COc1ccccc1C[C@@H](C)N[C@H]1CCCc2c1[nH]c1ccc([N+](=O)[O-])cc21. The average molecular weight is 379 g/mol. The third-order valence-corrected chi connectivity index (χ3v) is 5.61. The van der Waals surface area contributed by atoms with Gasteiger partial charge in [-0.3, -0.25) is 10.1 Å². The van der Waals surface area contributed by atoms with Crippen LogP contribution in [0.25, 0.3) is 10.9 Å². The van der Waals surface area contributed by atoms with Crippen molar-refractivity contribution >= 4 is 16.6 Å². The number of hydrogen-bond donors (Lipinski definition) is 2. The van der Waals surface area contributed by atoms with Gasteiger partial charge in [0.2, 0.25) is 0 Å². The molecule has 0 saturated heterocycles. The topological polar surface area (TPSA) is 80.2 Å². The molecule has 1 aliphatic rings. The molecular formula is C22H25N3O3. The molecule has 2 aromatic carbocycles. The van der Waals surface area contributed by atoms with E-state index in [1.807, 2.05) is 24.3 Å². The van der Waals surface area contributed by atoms with Crippen LogP contribution in [0.2, 0.25) is 0 Å². The second-order valence-corrected chi connectivity index (χ2v) is 7.53. The lowest BCUT2D eigenvalue weighted by Crippen LogP contribution is -2.34.